The van der Waals surface area contributed by atoms with Gasteiger partial charge in [-0.05, 0) is 43.5 Å². The summed E-state index contributed by atoms with van der Waals surface area (Å²) in [6.45, 7) is 0.701. The number of rotatable bonds is 5. The minimum absolute atomic E-state index is 0.135. The van der Waals surface area contributed by atoms with Gasteiger partial charge in [0.25, 0.3) is 5.91 Å². The number of anilines is 1. The minimum atomic E-state index is -0.889. The quantitative estimate of drug-likeness (QED) is 0.438. The predicted octanol–water partition coefficient (Wildman–Crippen LogP) is 1.33. The van der Waals surface area contributed by atoms with E-state index in [1.807, 2.05) is 0 Å². The Morgan fingerprint density at radius 1 is 1.21 bits per heavy atom. The molecule has 1 saturated heterocycles. The average Bonchev–Trinajstić information content (AvgIpc) is 3.34. The van der Waals surface area contributed by atoms with Gasteiger partial charge in [-0.25, -0.2) is 4.79 Å². The predicted molar refractivity (Wildman–Crippen MR) is 100 cm³/mol. The van der Waals surface area contributed by atoms with Gasteiger partial charge in [-0.2, -0.15) is 0 Å². The number of hydrogen-bond donors (Lipinski definition) is 2. The van der Waals surface area contributed by atoms with Crippen LogP contribution in [0.2, 0.25) is 0 Å². The van der Waals surface area contributed by atoms with Crippen LogP contribution in [0.1, 0.15) is 54.4 Å². The van der Waals surface area contributed by atoms with Crippen LogP contribution in [-0.2, 0) is 19.1 Å². The first-order valence-electron chi connectivity index (χ1n) is 9.58. The first kappa shape index (κ1) is 19.1. The Balaban J connectivity index is 1.34. The number of ketones is 1. The van der Waals surface area contributed by atoms with Crippen molar-refractivity contribution in [3.05, 3.63) is 29.3 Å². The molecule has 9 heteroatoms. The minimum Gasteiger partial charge on any atom is -0.456 e. The summed E-state index contributed by atoms with van der Waals surface area (Å²) in [7, 11) is 0. The normalized spacial score (nSPS) is 21.9. The molecule has 1 aromatic carbocycles. The van der Waals surface area contributed by atoms with Crippen molar-refractivity contribution in [2.75, 3.05) is 18.5 Å². The van der Waals surface area contributed by atoms with E-state index in [9.17, 15) is 24.0 Å². The third-order valence-corrected chi connectivity index (χ3v) is 5.85. The van der Waals surface area contributed by atoms with Gasteiger partial charge in [0.2, 0.25) is 5.91 Å². The SMILES string of the molecule is C[C@@H]1C(=O)Nc2ccc(C(=O)COC(=O)CN3C(=O)NC4(CCCC4)C3=O)cc21. The van der Waals surface area contributed by atoms with Gasteiger partial charge in [0.05, 0.1) is 5.92 Å². The Morgan fingerprint density at radius 2 is 1.93 bits per heavy atom. The molecular weight excluding hydrogens is 378 g/mol. The van der Waals surface area contributed by atoms with Crippen LogP contribution in [0.4, 0.5) is 10.5 Å². The molecule has 0 unspecified atom stereocenters. The molecule has 4 rings (SSSR count). The Bertz CT molecular complexity index is 934. The molecule has 1 spiro atoms. The van der Waals surface area contributed by atoms with Crippen molar-refractivity contribution in [1.29, 1.82) is 0 Å². The topological polar surface area (TPSA) is 122 Å². The van der Waals surface area contributed by atoms with E-state index in [0.29, 0.717) is 29.7 Å². The van der Waals surface area contributed by atoms with Crippen LogP contribution < -0.4 is 10.6 Å². The number of carbonyl (C=O) groups is 5. The number of ether oxygens (including phenoxy) is 1. The van der Waals surface area contributed by atoms with E-state index in [-0.39, 0.29) is 11.8 Å². The van der Waals surface area contributed by atoms with Crippen LogP contribution in [0.5, 0.6) is 0 Å². The molecule has 2 N–H and O–H groups in total. The number of hydrogen-bond acceptors (Lipinski definition) is 6. The van der Waals surface area contributed by atoms with Crippen molar-refractivity contribution in [2.24, 2.45) is 0 Å². The van der Waals surface area contributed by atoms with Gasteiger partial charge in [-0.15, -0.1) is 0 Å². The van der Waals surface area contributed by atoms with E-state index < -0.39 is 42.4 Å². The highest BCUT2D eigenvalue weighted by Gasteiger charge is 2.52. The summed E-state index contributed by atoms with van der Waals surface area (Å²) in [6.07, 6.45) is 2.82. The fraction of sp³-hybridized carbons (Fsp3) is 0.450. The van der Waals surface area contributed by atoms with Crippen molar-refractivity contribution >= 4 is 35.3 Å². The maximum atomic E-state index is 12.5. The smallest absolute Gasteiger partial charge is 0.326 e. The molecule has 0 aromatic heterocycles. The molecule has 0 radical (unpaired) electrons. The first-order valence-corrected chi connectivity index (χ1v) is 9.58. The number of nitrogens with zero attached hydrogens (tertiary/aromatic N) is 1. The van der Waals surface area contributed by atoms with Gasteiger partial charge in [-0.1, -0.05) is 12.8 Å². The molecule has 2 heterocycles. The number of fused-ring (bicyclic) bond motifs is 1. The number of benzene rings is 1. The standard InChI is InChI=1S/C20H21N3O6/c1-11-13-8-12(4-5-14(13)21-17(11)26)15(24)10-29-16(25)9-23-18(27)20(22-19(23)28)6-2-3-7-20/h4-5,8,11H,2-3,6-7,9-10H2,1H3,(H,21,26)(H,22,28)/t11-/m0/s1. The van der Waals surface area contributed by atoms with Crippen molar-refractivity contribution in [3.63, 3.8) is 0 Å². The van der Waals surface area contributed by atoms with Crippen molar-refractivity contribution < 1.29 is 28.7 Å². The van der Waals surface area contributed by atoms with Gasteiger partial charge < -0.3 is 15.4 Å². The van der Waals surface area contributed by atoms with Gasteiger partial charge in [0.1, 0.15) is 12.1 Å². The van der Waals surface area contributed by atoms with E-state index in [2.05, 4.69) is 10.6 Å². The van der Waals surface area contributed by atoms with Gasteiger partial charge in [-0.3, -0.25) is 24.1 Å². The highest BCUT2D eigenvalue weighted by atomic mass is 16.5. The molecule has 2 aliphatic heterocycles. The Morgan fingerprint density at radius 3 is 2.66 bits per heavy atom. The summed E-state index contributed by atoms with van der Waals surface area (Å²) in [5.74, 6) is -2.17. The monoisotopic (exact) mass is 399 g/mol. The number of amides is 4. The lowest BCUT2D eigenvalue weighted by Crippen LogP contribution is -2.44. The van der Waals surface area contributed by atoms with Gasteiger partial charge >= 0.3 is 12.0 Å². The van der Waals surface area contributed by atoms with Crippen LogP contribution >= 0.6 is 0 Å². The lowest BCUT2D eigenvalue weighted by molar-refractivity contribution is -0.146. The molecule has 1 saturated carbocycles. The summed E-state index contributed by atoms with van der Waals surface area (Å²) in [4.78, 5) is 61.7. The number of carbonyl (C=O) groups excluding carboxylic acids is 5. The summed E-state index contributed by atoms with van der Waals surface area (Å²) in [6, 6.07) is 4.19. The highest BCUT2D eigenvalue weighted by Crippen LogP contribution is 2.35. The summed E-state index contributed by atoms with van der Waals surface area (Å²) < 4.78 is 4.99. The van der Waals surface area contributed by atoms with E-state index in [1.54, 1.807) is 25.1 Å². The van der Waals surface area contributed by atoms with Gasteiger partial charge in [0, 0.05) is 11.3 Å². The molecule has 1 aromatic rings. The van der Waals surface area contributed by atoms with E-state index in [0.717, 1.165) is 17.7 Å². The Hall–Kier alpha value is -3.23. The molecule has 4 amide bonds. The molecule has 3 aliphatic rings. The molecule has 9 nitrogen and oxygen atoms in total. The van der Waals surface area contributed by atoms with Crippen LogP contribution in [0.25, 0.3) is 0 Å². The van der Waals surface area contributed by atoms with Crippen LogP contribution in [0.3, 0.4) is 0 Å². The summed E-state index contributed by atoms with van der Waals surface area (Å²) in [5.41, 5.74) is 0.809. The largest absolute Gasteiger partial charge is 0.456 e. The molecule has 29 heavy (non-hydrogen) atoms. The maximum absolute atomic E-state index is 12.5. The fourth-order valence-corrected chi connectivity index (χ4v) is 4.13. The van der Waals surface area contributed by atoms with E-state index in [4.69, 9.17) is 4.74 Å². The van der Waals surface area contributed by atoms with Crippen molar-refractivity contribution in [3.8, 4) is 0 Å². The molecule has 2 fully saturated rings. The summed E-state index contributed by atoms with van der Waals surface area (Å²) >= 11 is 0. The van der Waals surface area contributed by atoms with E-state index >= 15 is 0 Å². The second-order valence-electron chi connectivity index (χ2n) is 7.71. The third kappa shape index (κ3) is 3.26. The second kappa shape index (κ2) is 6.98. The van der Waals surface area contributed by atoms with Crippen LogP contribution in [-0.4, -0.2) is 53.2 Å². The first-order chi connectivity index (χ1) is 13.8. The fourth-order valence-electron chi connectivity index (χ4n) is 4.13. The van der Waals surface area contributed by atoms with E-state index in [1.165, 1.54) is 0 Å². The third-order valence-electron chi connectivity index (χ3n) is 5.85. The van der Waals surface area contributed by atoms with Gasteiger partial charge in [0.15, 0.2) is 12.4 Å². The number of Topliss-reactive ketones (excluding diaryl/α,β-unsaturated/α-hetero) is 1. The zero-order valence-corrected chi connectivity index (χ0v) is 15.9. The van der Waals surface area contributed by atoms with Crippen LogP contribution in [0, 0.1) is 0 Å². The lowest BCUT2D eigenvalue weighted by atomic mass is 9.98. The molecular formula is C20H21N3O6. The Kier molecular flexibility index (Phi) is 4.60. The second-order valence-corrected chi connectivity index (χ2v) is 7.71. The number of esters is 1. The average molecular weight is 399 g/mol. The van der Waals surface area contributed by atoms with Crippen LogP contribution in [0.15, 0.2) is 18.2 Å². The number of nitrogens with one attached hydrogen (secondary N) is 2. The molecule has 1 aliphatic carbocycles. The number of imide groups is 1. The zero-order chi connectivity index (χ0) is 20.8. The molecule has 152 valence electrons. The summed E-state index contributed by atoms with van der Waals surface area (Å²) in [5, 5.41) is 5.41. The Labute approximate surface area is 166 Å². The lowest BCUT2D eigenvalue weighted by Gasteiger charge is -2.19. The zero-order valence-electron chi connectivity index (χ0n) is 15.9. The highest BCUT2D eigenvalue weighted by molar-refractivity contribution is 6.09. The number of urea groups is 1. The molecule has 0 bridgehead atoms. The van der Waals surface area contributed by atoms with Crippen molar-refractivity contribution in [2.45, 2.75) is 44.1 Å². The maximum Gasteiger partial charge on any atom is 0.326 e. The molecule has 1 atom stereocenters. The van der Waals surface area contributed by atoms with Crippen molar-refractivity contribution in [1.82, 2.24) is 10.2 Å².